The van der Waals surface area contributed by atoms with Crippen LogP contribution in [0.15, 0.2) is 0 Å². The van der Waals surface area contributed by atoms with E-state index in [9.17, 15) is 13.2 Å². The lowest BCUT2D eigenvalue weighted by Gasteiger charge is -2.35. The Morgan fingerprint density at radius 2 is 1.77 bits per heavy atom. The Balaban J connectivity index is 2.03. The van der Waals surface area contributed by atoms with E-state index >= 15 is 0 Å². The number of aliphatic hydroxyl groups is 1. The van der Waals surface area contributed by atoms with Crippen molar-refractivity contribution in [2.75, 3.05) is 52.2 Å². The van der Waals surface area contributed by atoms with Crippen LogP contribution >= 0.6 is 0 Å². The standard InChI is InChI=1S/C14H26N2O5S/c1-21-13(18)14(4-2-3-5-14)12-22(19,20)16-8-6-15(7-9-16)10-11-17/h17H,2-12H2,1H3. The summed E-state index contributed by atoms with van der Waals surface area (Å²) in [5.74, 6) is -0.542. The van der Waals surface area contributed by atoms with E-state index in [4.69, 9.17) is 9.84 Å². The Bertz CT molecular complexity index is 479. The Labute approximate surface area is 132 Å². The summed E-state index contributed by atoms with van der Waals surface area (Å²) < 4.78 is 31.7. The number of hydrogen-bond donors (Lipinski definition) is 1. The van der Waals surface area contributed by atoms with Gasteiger partial charge in [0.05, 0.1) is 24.9 Å². The molecule has 1 aliphatic heterocycles. The minimum Gasteiger partial charge on any atom is -0.469 e. The SMILES string of the molecule is COC(=O)C1(CS(=O)(=O)N2CCN(CCO)CC2)CCCC1. The van der Waals surface area contributed by atoms with E-state index in [0.29, 0.717) is 45.6 Å². The fourth-order valence-electron chi connectivity index (χ4n) is 3.49. The maximum absolute atomic E-state index is 12.7. The largest absolute Gasteiger partial charge is 0.469 e. The highest BCUT2D eigenvalue weighted by Gasteiger charge is 2.47. The molecule has 0 aromatic rings. The van der Waals surface area contributed by atoms with Crippen molar-refractivity contribution >= 4 is 16.0 Å². The molecule has 0 bridgehead atoms. The number of carbonyl (C=O) groups excluding carboxylic acids is 1. The molecule has 1 N–H and O–H groups in total. The first-order valence-electron chi connectivity index (χ1n) is 7.83. The summed E-state index contributed by atoms with van der Waals surface area (Å²) in [6.45, 7) is 2.72. The zero-order valence-electron chi connectivity index (χ0n) is 13.2. The van der Waals surface area contributed by atoms with Crippen molar-refractivity contribution in [3.63, 3.8) is 0 Å². The normalized spacial score (nSPS) is 23.5. The molecular weight excluding hydrogens is 308 g/mol. The van der Waals surface area contributed by atoms with Crippen LogP contribution in [-0.2, 0) is 19.6 Å². The van der Waals surface area contributed by atoms with E-state index in [1.807, 2.05) is 4.90 Å². The molecule has 2 aliphatic rings. The number of rotatable bonds is 6. The molecule has 2 fully saturated rings. The van der Waals surface area contributed by atoms with Gasteiger partial charge in [-0.2, -0.15) is 4.31 Å². The lowest BCUT2D eigenvalue weighted by atomic mass is 9.89. The molecule has 1 aliphatic carbocycles. The van der Waals surface area contributed by atoms with Crippen molar-refractivity contribution < 1.29 is 23.1 Å². The summed E-state index contributed by atoms with van der Waals surface area (Å²) in [7, 11) is -2.15. The van der Waals surface area contributed by atoms with Crippen LogP contribution in [0.3, 0.4) is 0 Å². The molecule has 8 heteroatoms. The van der Waals surface area contributed by atoms with E-state index in [1.165, 1.54) is 11.4 Å². The molecule has 1 heterocycles. The number of aliphatic hydroxyl groups excluding tert-OH is 1. The van der Waals surface area contributed by atoms with Crippen LogP contribution < -0.4 is 0 Å². The molecule has 1 saturated heterocycles. The lowest BCUT2D eigenvalue weighted by molar-refractivity contribution is -0.151. The topological polar surface area (TPSA) is 87.2 Å². The summed E-state index contributed by atoms with van der Waals surface area (Å²) in [6.07, 6.45) is 2.91. The zero-order valence-corrected chi connectivity index (χ0v) is 14.0. The van der Waals surface area contributed by atoms with E-state index in [-0.39, 0.29) is 12.4 Å². The molecule has 0 aromatic heterocycles. The zero-order chi connectivity index (χ0) is 16.2. The van der Waals surface area contributed by atoms with E-state index in [1.54, 1.807) is 0 Å². The van der Waals surface area contributed by atoms with Crippen molar-refractivity contribution in [2.24, 2.45) is 5.41 Å². The number of β-amino-alcohol motifs (C(OH)–C–C–N with tert-alkyl or cyclic N) is 1. The Morgan fingerprint density at radius 1 is 1.18 bits per heavy atom. The average Bonchev–Trinajstić information content (AvgIpc) is 2.96. The Hall–Kier alpha value is -0.700. The van der Waals surface area contributed by atoms with Gasteiger partial charge in [0.1, 0.15) is 0 Å². The number of esters is 1. The molecule has 128 valence electrons. The number of piperazine rings is 1. The van der Waals surface area contributed by atoms with Gasteiger partial charge in [-0.05, 0) is 12.8 Å². The molecule has 0 atom stereocenters. The predicted octanol–water partition coefficient (Wildman–Crippen LogP) is -0.340. The molecule has 0 amide bonds. The quantitative estimate of drug-likeness (QED) is 0.669. The summed E-state index contributed by atoms with van der Waals surface area (Å²) in [4.78, 5) is 14.1. The third-order valence-electron chi connectivity index (χ3n) is 4.78. The van der Waals surface area contributed by atoms with Gasteiger partial charge < -0.3 is 9.84 Å². The highest BCUT2D eigenvalue weighted by molar-refractivity contribution is 7.89. The van der Waals surface area contributed by atoms with Gasteiger partial charge in [-0.25, -0.2) is 8.42 Å². The number of carbonyl (C=O) groups is 1. The molecule has 1 saturated carbocycles. The summed E-state index contributed by atoms with van der Waals surface area (Å²) >= 11 is 0. The Morgan fingerprint density at radius 3 is 2.27 bits per heavy atom. The van der Waals surface area contributed by atoms with Crippen molar-refractivity contribution in [3.8, 4) is 0 Å². The van der Waals surface area contributed by atoms with Gasteiger partial charge in [-0.1, -0.05) is 12.8 Å². The van der Waals surface area contributed by atoms with Gasteiger partial charge in [0.2, 0.25) is 10.0 Å². The second-order valence-corrected chi connectivity index (χ2v) is 8.17. The number of ether oxygens (including phenoxy) is 1. The van der Waals surface area contributed by atoms with Gasteiger partial charge >= 0.3 is 5.97 Å². The smallest absolute Gasteiger partial charge is 0.312 e. The lowest BCUT2D eigenvalue weighted by Crippen LogP contribution is -2.52. The fraction of sp³-hybridized carbons (Fsp3) is 0.929. The monoisotopic (exact) mass is 334 g/mol. The van der Waals surface area contributed by atoms with Crippen LogP contribution in [0, 0.1) is 5.41 Å². The molecule has 22 heavy (non-hydrogen) atoms. The summed E-state index contributed by atoms with van der Waals surface area (Å²) in [5.41, 5.74) is -0.865. The predicted molar refractivity (Wildman–Crippen MR) is 81.8 cm³/mol. The first-order valence-corrected chi connectivity index (χ1v) is 9.44. The minimum absolute atomic E-state index is 0.0815. The molecule has 0 spiro atoms. The number of methoxy groups -OCH3 is 1. The molecule has 0 radical (unpaired) electrons. The van der Waals surface area contributed by atoms with E-state index < -0.39 is 21.4 Å². The first kappa shape index (κ1) is 17.7. The molecule has 0 aromatic carbocycles. The molecule has 2 rings (SSSR count). The fourth-order valence-corrected chi connectivity index (χ4v) is 5.50. The third kappa shape index (κ3) is 3.79. The summed E-state index contributed by atoms with van der Waals surface area (Å²) in [6, 6.07) is 0. The second kappa shape index (κ2) is 7.25. The highest BCUT2D eigenvalue weighted by Crippen LogP contribution is 2.41. The molecule has 7 nitrogen and oxygen atoms in total. The van der Waals surface area contributed by atoms with Crippen molar-refractivity contribution in [2.45, 2.75) is 25.7 Å². The number of sulfonamides is 1. The number of hydrogen-bond acceptors (Lipinski definition) is 6. The highest BCUT2D eigenvalue weighted by atomic mass is 32.2. The van der Waals surface area contributed by atoms with Crippen LogP contribution in [0.5, 0.6) is 0 Å². The minimum atomic E-state index is -3.48. The van der Waals surface area contributed by atoms with Gasteiger partial charge in [0, 0.05) is 32.7 Å². The van der Waals surface area contributed by atoms with Gasteiger partial charge in [-0.15, -0.1) is 0 Å². The maximum atomic E-state index is 12.7. The van der Waals surface area contributed by atoms with Crippen LogP contribution in [0.25, 0.3) is 0 Å². The van der Waals surface area contributed by atoms with Crippen LogP contribution in [0.1, 0.15) is 25.7 Å². The summed E-state index contributed by atoms with van der Waals surface area (Å²) in [5, 5.41) is 8.93. The molecule has 0 unspecified atom stereocenters. The average molecular weight is 334 g/mol. The van der Waals surface area contributed by atoms with E-state index in [0.717, 1.165) is 12.8 Å². The molecular formula is C14H26N2O5S. The van der Waals surface area contributed by atoms with Crippen LogP contribution in [-0.4, -0.2) is 80.9 Å². The van der Waals surface area contributed by atoms with Crippen LogP contribution in [0.4, 0.5) is 0 Å². The van der Waals surface area contributed by atoms with E-state index in [2.05, 4.69) is 0 Å². The maximum Gasteiger partial charge on any atom is 0.312 e. The van der Waals surface area contributed by atoms with Gasteiger partial charge in [0.25, 0.3) is 0 Å². The van der Waals surface area contributed by atoms with Gasteiger partial charge in [0.15, 0.2) is 0 Å². The Kier molecular flexibility index (Phi) is 5.81. The second-order valence-electron chi connectivity index (χ2n) is 6.20. The third-order valence-corrected chi connectivity index (χ3v) is 6.85. The van der Waals surface area contributed by atoms with Gasteiger partial charge in [-0.3, -0.25) is 9.69 Å². The van der Waals surface area contributed by atoms with Crippen molar-refractivity contribution in [1.29, 1.82) is 0 Å². The van der Waals surface area contributed by atoms with Crippen LogP contribution in [0.2, 0.25) is 0 Å². The first-order chi connectivity index (χ1) is 10.4. The van der Waals surface area contributed by atoms with Crippen molar-refractivity contribution in [1.82, 2.24) is 9.21 Å². The number of nitrogens with zero attached hydrogens (tertiary/aromatic N) is 2. The van der Waals surface area contributed by atoms with Crippen molar-refractivity contribution in [3.05, 3.63) is 0 Å².